The van der Waals surface area contributed by atoms with Gasteiger partial charge in [0.15, 0.2) is 0 Å². The molecule has 144 valence electrons. The van der Waals surface area contributed by atoms with Crippen LogP contribution in [0.4, 0.5) is 11.4 Å². The highest BCUT2D eigenvalue weighted by Crippen LogP contribution is 2.20. The molecule has 7 heteroatoms. The minimum atomic E-state index is -3.33. The lowest BCUT2D eigenvalue weighted by molar-refractivity contribution is -0.111. The maximum atomic E-state index is 12.1. The number of carbonyl (C=O) groups excluding carboxylic acids is 1. The number of ether oxygens (including phenoxy) is 1. The van der Waals surface area contributed by atoms with E-state index in [4.69, 9.17) is 4.74 Å². The number of hydrogen-bond acceptors (Lipinski definition) is 4. The Bertz CT molecular complexity index is 890. The average Bonchev–Trinajstić information content (AvgIpc) is 2.62. The van der Waals surface area contributed by atoms with Crippen LogP contribution in [0.3, 0.4) is 0 Å². The predicted molar refractivity (Wildman–Crippen MR) is 109 cm³/mol. The number of para-hydroxylation sites is 1. The van der Waals surface area contributed by atoms with Gasteiger partial charge in [0.1, 0.15) is 5.75 Å². The fourth-order valence-corrected chi connectivity index (χ4v) is 3.51. The Morgan fingerprint density at radius 1 is 1.04 bits per heavy atom. The van der Waals surface area contributed by atoms with Crippen molar-refractivity contribution in [3.63, 3.8) is 0 Å². The zero-order valence-corrected chi connectivity index (χ0v) is 16.3. The standard InChI is InChI=1S/C20H24N2O4S/c1-3-15-27(24,25)22-18-12-10-17(11-13-18)21-20(23)14-9-16-7-5-6-8-19(16)26-4-2/h5-14,22H,3-4,15H2,1-2H3,(H,21,23)/b14-9+. The number of carbonyl (C=O) groups is 1. The second-order valence-corrected chi connectivity index (χ2v) is 7.63. The van der Waals surface area contributed by atoms with Crippen molar-refractivity contribution in [1.82, 2.24) is 0 Å². The first-order valence-corrected chi connectivity index (χ1v) is 10.4. The van der Waals surface area contributed by atoms with Crippen molar-refractivity contribution >= 4 is 33.4 Å². The van der Waals surface area contributed by atoms with Crippen molar-refractivity contribution in [3.8, 4) is 5.75 Å². The SMILES string of the molecule is CCCS(=O)(=O)Nc1ccc(NC(=O)/C=C/c2ccccc2OCC)cc1. The van der Waals surface area contributed by atoms with E-state index in [9.17, 15) is 13.2 Å². The third-order valence-corrected chi connectivity index (χ3v) is 5.02. The Morgan fingerprint density at radius 2 is 1.70 bits per heavy atom. The molecule has 0 aromatic heterocycles. The van der Waals surface area contributed by atoms with Gasteiger partial charge in [-0.15, -0.1) is 0 Å². The quantitative estimate of drug-likeness (QED) is 0.638. The molecule has 0 bridgehead atoms. The zero-order chi connectivity index (χ0) is 19.7. The first-order chi connectivity index (χ1) is 12.9. The fourth-order valence-electron chi connectivity index (χ4n) is 2.38. The maximum absolute atomic E-state index is 12.1. The summed E-state index contributed by atoms with van der Waals surface area (Å²) >= 11 is 0. The summed E-state index contributed by atoms with van der Waals surface area (Å²) in [4.78, 5) is 12.1. The van der Waals surface area contributed by atoms with Crippen LogP contribution in [0.15, 0.2) is 54.6 Å². The van der Waals surface area contributed by atoms with Crippen LogP contribution in [0.1, 0.15) is 25.8 Å². The Labute approximate surface area is 160 Å². The van der Waals surface area contributed by atoms with E-state index in [1.807, 2.05) is 31.2 Å². The Morgan fingerprint density at radius 3 is 2.37 bits per heavy atom. The summed E-state index contributed by atoms with van der Waals surface area (Å²) in [6, 6.07) is 14.0. The van der Waals surface area contributed by atoms with Gasteiger partial charge < -0.3 is 10.1 Å². The van der Waals surface area contributed by atoms with Crippen molar-refractivity contribution < 1.29 is 17.9 Å². The lowest BCUT2D eigenvalue weighted by Crippen LogP contribution is -2.16. The topological polar surface area (TPSA) is 84.5 Å². The van der Waals surface area contributed by atoms with Gasteiger partial charge >= 0.3 is 0 Å². The molecule has 0 saturated carbocycles. The molecule has 0 spiro atoms. The molecule has 0 radical (unpaired) electrons. The number of anilines is 2. The highest BCUT2D eigenvalue weighted by atomic mass is 32.2. The van der Waals surface area contributed by atoms with Gasteiger partial charge in [0.2, 0.25) is 15.9 Å². The number of amides is 1. The van der Waals surface area contributed by atoms with Crippen LogP contribution in [-0.4, -0.2) is 26.7 Å². The minimum absolute atomic E-state index is 0.0690. The summed E-state index contributed by atoms with van der Waals surface area (Å²) in [5.74, 6) is 0.493. The summed E-state index contributed by atoms with van der Waals surface area (Å²) < 4.78 is 31.5. The second-order valence-electron chi connectivity index (χ2n) is 5.79. The minimum Gasteiger partial charge on any atom is -0.493 e. The van der Waals surface area contributed by atoms with Crippen LogP contribution < -0.4 is 14.8 Å². The van der Waals surface area contributed by atoms with Gasteiger partial charge in [-0.05, 0) is 49.8 Å². The Kier molecular flexibility index (Phi) is 7.43. The van der Waals surface area contributed by atoms with Crippen LogP contribution in [0, 0.1) is 0 Å². The van der Waals surface area contributed by atoms with Gasteiger partial charge in [0.25, 0.3) is 0 Å². The van der Waals surface area contributed by atoms with Gasteiger partial charge in [-0.3, -0.25) is 9.52 Å². The molecule has 0 fully saturated rings. The van der Waals surface area contributed by atoms with E-state index in [-0.39, 0.29) is 11.7 Å². The number of rotatable bonds is 9. The molecule has 0 unspecified atom stereocenters. The van der Waals surface area contributed by atoms with Crippen LogP contribution in [-0.2, 0) is 14.8 Å². The van der Waals surface area contributed by atoms with Crippen molar-refractivity contribution in [2.45, 2.75) is 20.3 Å². The summed E-state index contributed by atoms with van der Waals surface area (Å²) in [5, 5.41) is 2.74. The molecule has 2 N–H and O–H groups in total. The lowest BCUT2D eigenvalue weighted by atomic mass is 10.2. The molecule has 0 aliphatic heterocycles. The molecular weight excluding hydrogens is 364 g/mol. The summed E-state index contributed by atoms with van der Waals surface area (Å²) in [7, 11) is -3.33. The summed E-state index contributed by atoms with van der Waals surface area (Å²) in [5.41, 5.74) is 1.85. The van der Waals surface area contributed by atoms with E-state index >= 15 is 0 Å². The molecular formula is C20H24N2O4S. The smallest absolute Gasteiger partial charge is 0.248 e. The molecule has 27 heavy (non-hydrogen) atoms. The predicted octanol–water partition coefficient (Wildman–Crippen LogP) is 3.89. The Balaban J connectivity index is 1.98. The molecule has 2 rings (SSSR count). The third kappa shape index (κ3) is 6.79. The fraction of sp³-hybridized carbons (Fsp3) is 0.250. The van der Waals surface area contributed by atoms with Crippen LogP contribution >= 0.6 is 0 Å². The second kappa shape index (κ2) is 9.78. The van der Waals surface area contributed by atoms with Crippen LogP contribution in [0.5, 0.6) is 5.75 Å². The largest absolute Gasteiger partial charge is 0.493 e. The molecule has 0 heterocycles. The van der Waals surface area contributed by atoms with E-state index in [1.54, 1.807) is 37.3 Å². The van der Waals surface area contributed by atoms with Gasteiger partial charge in [-0.25, -0.2) is 8.42 Å². The van der Waals surface area contributed by atoms with Crippen molar-refractivity contribution in [1.29, 1.82) is 0 Å². The molecule has 2 aromatic rings. The number of sulfonamides is 1. The van der Waals surface area contributed by atoms with Gasteiger partial charge in [0, 0.05) is 23.0 Å². The molecule has 0 aliphatic carbocycles. The number of hydrogen-bond donors (Lipinski definition) is 2. The van der Waals surface area contributed by atoms with E-state index in [0.717, 1.165) is 5.56 Å². The zero-order valence-electron chi connectivity index (χ0n) is 15.4. The molecule has 0 aliphatic rings. The van der Waals surface area contributed by atoms with E-state index < -0.39 is 10.0 Å². The van der Waals surface area contributed by atoms with Crippen LogP contribution in [0.2, 0.25) is 0 Å². The first kappa shape index (κ1) is 20.5. The van der Waals surface area contributed by atoms with Crippen molar-refractivity contribution in [2.75, 3.05) is 22.4 Å². The molecule has 0 saturated heterocycles. The maximum Gasteiger partial charge on any atom is 0.248 e. The van der Waals surface area contributed by atoms with Crippen molar-refractivity contribution in [2.24, 2.45) is 0 Å². The highest BCUT2D eigenvalue weighted by molar-refractivity contribution is 7.92. The lowest BCUT2D eigenvalue weighted by Gasteiger charge is -2.08. The van der Waals surface area contributed by atoms with E-state index in [1.165, 1.54) is 6.08 Å². The van der Waals surface area contributed by atoms with Gasteiger partial charge in [-0.2, -0.15) is 0 Å². The van der Waals surface area contributed by atoms with Gasteiger partial charge in [0.05, 0.1) is 12.4 Å². The normalized spacial score (nSPS) is 11.3. The molecule has 0 atom stereocenters. The number of nitrogens with one attached hydrogen (secondary N) is 2. The Hall–Kier alpha value is -2.80. The molecule has 6 nitrogen and oxygen atoms in total. The molecule has 1 amide bonds. The van der Waals surface area contributed by atoms with E-state index in [0.29, 0.717) is 30.2 Å². The average molecular weight is 388 g/mol. The first-order valence-electron chi connectivity index (χ1n) is 8.75. The summed E-state index contributed by atoms with van der Waals surface area (Å²) in [6.45, 7) is 4.25. The van der Waals surface area contributed by atoms with E-state index in [2.05, 4.69) is 10.0 Å². The van der Waals surface area contributed by atoms with Crippen LogP contribution in [0.25, 0.3) is 6.08 Å². The highest BCUT2D eigenvalue weighted by Gasteiger charge is 2.08. The number of benzene rings is 2. The monoisotopic (exact) mass is 388 g/mol. The van der Waals surface area contributed by atoms with Gasteiger partial charge in [-0.1, -0.05) is 25.1 Å². The summed E-state index contributed by atoms with van der Waals surface area (Å²) in [6.07, 6.45) is 3.66. The molecule has 2 aromatic carbocycles. The van der Waals surface area contributed by atoms with Crippen molar-refractivity contribution in [3.05, 3.63) is 60.2 Å². The third-order valence-electron chi connectivity index (χ3n) is 3.53.